The molecule has 1 heterocycles. The highest BCUT2D eigenvalue weighted by Gasteiger charge is 2.25. The fourth-order valence-electron chi connectivity index (χ4n) is 2.94. The Balaban J connectivity index is 2.43. The number of nitrogens with one attached hydrogen (secondary N) is 1. The molecular weight excluding hydrogens is 224 g/mol. The highest BCUT2D eigenvalue weighted by molar-refractivity contribution is 4.80. The van der Waals surface area contributed by atoms with Crippen LogP contribution in [0.4, 0.5) is 0 Å². The molecule has 0 aromatic heterocycles. The second-order valence-corrected chi connectivity index (χ2v) is 6.30. The van der Waals surface area contributed by atoms with E-state index >= 15 is 0 Å². The molecule has 0 aromatic rings. The summed E-state index contributed by atoms with van der Waals surface area (Å²) < 4.78 is 5.56. The maximum absolute atomic E-state index is 5.56. The van der Waals surface area contributed by atoms with E-state index in [1.54, 1.807) is 0 Å². The van der Waals surface area contributed by atoms with E-state index in [4.69, 9.17) is 4.74 Å². The van der Waals surface area contributed by atoms with Crippen LogP contribution in [0.1, 0.15) is 47.0 Å². The molecule has 18 heavy (non-hydrogen) atoms. The Hall–Kier alpha value is -0.120. The van der Waals surface area contributed by atoms with Gasteiger partial charge >= 0.3 is 0 Å². The number of rotatable bonds is 7. The third kappa shape index (κ3) is 5.25. The minimum Gasteiger partial charge on any atom is -0.379 e. The van der Waals surface area contributed by atoms with Crippen LogP contribution in [-0.4, -0.2) is 49.8 Å². The molecule has 1 aliphatic heterocycles. The summed E-state index contributed by atoms with van der Waals surface area (Å²) in [7, 11) is 1.82. The summed E-state index contributed by atoms with van der Waals surface area (Å²) >= 11 is 0. The van der Waals surface area contributed by atoms with E-state index in [-0.39, 0.29) is 5.60 Å². The molecule has 0 aliphatic carbocycles. The summed E-state index contributed by atoms with van der Waals surface area (Å²) in [5.74, 6) is 0.874. The Kier molecular flexibility index (Phi) is 6.61. The first kappa shape index (κ1) is 15.9. The van der Waals surface area contributed by atoms with Gasteiger partial charge in [0.2, 0.25) is 0 Å². The largest absolute Gasteiger partial charge is 0.379 e. The van der Waals surface area contributed by atoms with Crippen LogP contribution in [0.15, 0.2) is 0 Å². The monoisotopic (exact) mass is 256 g/mol. The number of methoxy groups -OCH3 is 1. The SMILES string of the molecule is CCN(CC1CCNCC1)C(C)CC(C)(C)OC. The van der Waals surface area contributed by atoms with Gasteiger partial charge in [-0.15, -0.1) is 0 Å². The minimum absolute atomic E-state index is 0.0129. The van der Waals surface area contributed by atoms with Crippen molar-refractivity contribution >= 4 is 0 Å². The Labute approximate surface area is 113 Å². The average molecular weight is 256 g/mol. The predicted molar refractivity (Wildman–Crippen MR) is 78.0 cm³/mol. The molecule has 108 valence electrons. The lowest BCUT2D eigenvalue weighted by Gasteiger charge is -2.36. The molecule has 0 radical (unpaired) electrons. The van der Waals surface area contributed by atoms with Gasteiger partial charge in [0.25, 0.3) is 0 Å². The van der Waals surface area contributed by atoms with E-state index in [0.717, 1.165) is 18.9 Å². The summed E-state index contributed by atoms with van der Waals surface area (Å²) in [6.45, 7) is 13.8. The number of hydrogen-bond donors (Lipinski definition) is 1. The van der Waals surface area contributed by atoms with Gasteiger partial charge in [0, 0.05) is 19.7 Å². The molecular formula is C15H32N2O. The quantitative estimate of drug-likeness (QED) is 0.757. The van der Waals surface area contributed by atoms with E-state index in [1.807, 2.05) is 7.11 Å². The molecule has 1 atom stereocenters. The van der Waals surface area contributed by atoms with Gasteiger partial charge in [0.05, 0.1) is 5.60 Å². The average Bonchev–Trinajstić information content (AvgIpc) is 2.36. The fraction of sp³-hybridized carbons (Fsp3) is 1.00. The fourth-order valence-corrected chi connectivity index (χ4v) is 2.94. The zero-order valence-electron chi connectivity index (χ0n) is 13.0. The lowest BCUT2D eigenvalue weighted by molar-refractivity contribution is -0.00789. The van der Waals surface area contributed by atoms with Crippen LogP contribution in [0.5, 0.6) is 0 Å². The van der Waals surface area contributed by atoms with Crippen LogP contribution in [-0.2, 0) is 4.74 Å². The zero-order chi connectivity index (χ0) is 13.6. The van der Waals surface area contributed by atoms with Crippen molar-refractivity contribution in [3.63, 3.8) is 0 Å². The molecule has 1 aliphatic rings. The lowest BCUT2D eigenvalue weighted by Crippen LogP contribution is -2.43. The van der Waals surface area contributed by atoms with E-state index < -0.39 is 0 Å². The zero-order valence-corrected chi connectivity index (χ0v) is 13.0. The van der Waals surface area contributed by atoms with Crippen molar-refractivity contribution in [3.8, 4) is 0 Å². The smallest absolute Gasteiger partial charge is 0.0637 e. The first-order chi connectivity index (χ1) is 8.48. The highest BCUT2D eigenvalue weighted by atomic mass is 16.5. The van der Waals surface area contributed by atoms with Gasteiger partial charge < -0.3 is 15.0 Å². The molecule has 1 unspecified atom stereocenters. The van der Waals surface area contributed by atoms with E-state index in [2.05, 4.69) is 37.9 Å². The first-order valence-corrected chi connectivity index (χ1v) is 7.48. The van der Waals surface area contributed by atoms with Crippen molar-refractivity contribution < 1.29 is 4.74 Å². The van der Waals surface area contributed by atoms with E-state index in [9.17, 15) is 0 Å². The third-order valence-electron chi connectivity index (χ3n) is 4.32. The van der Waals surface area contributed by atoms with Gasteiger partial charge in [-0.1, -0.05) is 6.92 Å². The standard InChI is InChI=1S/C15H32N2O/c1-6-17(12-14-7-9-16-10-8-14)13(2)11-15(3,4)18-5/h13-14,16H,6-12H2,1-5H3. The Morgan fingerprint density at radius 1 is 1.33 bits per heavy atom. The van der Waals surface area contributed by atoms with Gasteiger partial charge in [-0.25, -0.2) is 0 Å². The molecule has 0 bridgehead atoms. The van der Waals surface area contributed by atoms with Crippen molar-refractivity contribution in [2.75, 3.05) is 33.3 Å². The van der Waals surface area contributed by atoms with Crippen molar-refractivity contribution in [2.45, 2.75) is 58.6 Å². The highest BCUT2D eigenvalue weighted by Crippen LogP contribution is 2.21. The van der Waals surface area contributed by atoms with E-state index in [1.165, 1.54) is 32.5 Å². The molecule has 1 N–H and O–H groups in total. The predicted octanol–water partition coefficient (Wildman–Crippen LogP) is 2.51. The number of piperidine rings is 1. The van der Waals surface area contributed by atoms with Gasteiger partial charge in [0.15, 0.2) is 0 Å². The first-order valence-electron chi connectivity index (χ1n) is 7.48. The Morgan fingerprint density at radius 2 is 1.94 bits per heavy atom. The van der Waals surface area contributed by atoms with Crippen molar-refractivity contribution in [1.82, 2.24) is 10.2 Å². The van der Waals surface area contributed by atoms with Crippen molar-refractivity contribution in [2.24, 2.45) is 5.92 Å². The minimum atomic E-state index is -0.0129. The molecule has 0 amide bonds. The normalized spacial score (nSPS) is 20.3. The molecule has 3 heteroatoms. The molecule has 0 saturated carbocycles. The summed E-state index contributed by atoms with van der Waals surface area (Å²) in [5.41, 5.74) is -0.0129. The summed E-state index contributed by atoms with van der Waals surface area (Å²) in [4.78, 5) is 2.62. The molecule has 1 fully saturated rings. The number of ether oxygens (including phenoxy) is 1. The second-order valence-electron chi connectivity index (χ2n) is 6.30. The Bertz CT molecular complexity index is 225. The molecule has 3 nitrogen and oxygen atoms in total. The number of hydrogen-bond acceptors (Lipinski definition) is 3. The van der Waals surface area contributed by atoms with Crippen LogP contribution < -0.4 is 5.32 Å². The maximum Gasteiger partial charge on any atom is 0.0637 e. The van der Waals surface area contributed by atoms with Crippen LogP contribution in [0.3, 0.4) is 0 Å². The van der Waals surface area contributed by atoms with Crippen LogP contribution in [0.25, 0.3) is 0 Å². The van der Waals surface area contributed by atoms with Gasteiger partial charge in [-0.2, -0.15) is 0 Å². The van der Waals surface area contributed by atoms with E-state index in [0.29, 0.717) is 6.04 Å². The molecule has 0 spiro atoms. The molecule has 1 saturated heterocycles. The van der Waals surface area contributed by atoms with Gasteiger partial charge in [-0.3, -0.25) is 0 Å². The lowest BCUT2D eigenvalue weighted by atomic mass is 9.94. The Morgan fingerprint density at radius 3 is 2.44 bits per heavy atom. The maximum atomic E-state index is 5.56. The summed E-state index contributed by atoms with van der Waals surface area (Å²) in [6.07, 6.45) is 3.76. The molecule has 1 rings (SSSR count). The second kappa shape index (κ2) is 7.46. The van der Waals surface area contributed by atoms with Crippen molar-refractivity contribution in [1.29, 1.82) is 0 Å². The van der Waals surface area contributed by atoms with Gasteiger partial charge in [-0.05, 0) is 65.6 Å². The summed E-state index contributed by atoms with van der Waals surface area (Å²) in [5, 5.41) is 3.44. The van der Waals surface area contributed by atoms with Crippen molar-refractivity contribution in [3.05, 3.63) is 0 Å². The topological polar surface area (TPSA) is 24.5 Å². The van der Waals surface area contributed by atoms with Gasteiger partial charge in [0.1, 0.15) is 0 Å². The number of nitrogens with zero attached hydrogens (tertiary/aromatic N) is 1. The van der Waals surface area contributed by atoms with Crippen LogP contribution in [0, 0.1) is 5.92 Å². The summed E-state index contributed by atoms with van der Waals surface area (Å²) in [6, 6.07) is 0.597. The van der Waals surface area contributed by atoms with Crippen LogP contribution >= 0.6 is 0 Å². The van der Waals surface area contributed by atoms with Crippen LogP contribution in [0.2, 0.25) is 0 Å². The molecule has 0 aromatic carbocycles. The third-order valence-corrected chi connectivity index (χ3v) is 4.32.